The average molecular weight is 227 g/mol. The first-order chi connectivity index (χ1) is 3.91. The molecule has 90 valence electrons. The van der Waals surface area contributed by atoms with Gasteiger partial charge >= 0.3 is 0 Å². The lowest BCUT2D eigenvalue weighted by Crippen LogP contribution is -2.01. The van der Waals surface area contributed by atoms with E-state index in [2.05, 4.69) is 0 Å². The predicted octanol–water partition coefficient (Wildman–Crippen LogP) is -1.28. The first-order valence-corrected chi connectivity index (χ1v) is 3.50. The van der Waals surface area contributed by atoms with Gasteiger partial charge in [-0.3, -0.25) is 8.42 Å². The van der Waals surface area contributed by atoms with E-state index in [-0.39, 0.29) is 30.5 Å². The second kappa shape index (κ2) is 22.6. The second-order valence-electron chi connectivity index (χ2n) is 1.11. The van der Waals surface area contributed by atoms with Gasteiger partial charge in [-0.1, -0.05) is 13.3 Å². The fourth-order valence-electron chi connectivity index (χ4n) is 0. The molecule has 10 heteroatoms. The summed E-state index contributed by atoms with van der Waals surface area (Å²) in [5.74, 6) is 0. The second-order valence-corrected chi connectivity index (χ2v) is 1.93. The maximum atomic E-state index is 9.30. The van der Waals surface area contributed by atoms with Crippen molar-refractivity contribution in [2.45, 2.75) is 13.3 Å². The highest BCUT2D eigenvalue weighted by Gasteiger charge is 1.49. The van der Waals surface area contributed by atoms with Crippen molar-refractivity contribution in [1.29, 1.82) is 0 Å². The Labute approximate surface area is 77.8 Å². The van der Waals surface area contributed by atoms with Crippen LogP contribution >= 0.6 is 0 Å². The normalized spacial score (nSPS) is 6.77. The van der Waals surface area contributed by atoms with Gasteiger partial charge in [0.1, 0.15) is 0 Å². The molecule has 0 fully saturated rings. The summed E-state index contributed by atoms with van der Waals surface area (Å²) in [6, 6.07) is 0. The van der Waals surface area contributed by atoms with Crippen molar-refractivity contribution >= 4 is 10.4 Å². The van der Waals surface area contributed by atoms with Crippen LogP contribution in [0.2, 0.25) is 0 Å². The van der Waals surface area contributed by atoms with Crippen LogP contribution in [0.3, 0.4) is 0 Å². The standard InChI is InChI=1S/C3H7O.3H3N.H2O4S.H2O/c1-2-3-4;;;;1-5(2,3)4;/h2-3H2,1H3;3*1H3;(H2,1,2,3,4);1H2/q-1;;;;;/p+1. The number of hydrogen-bond donors (Lipinski definition) is 3. The Balaban J connectivity index is -0.0000000146. The van der Waals surface area contributed by atoms with Crippen LogP contribution in [0.1, 0.15) is 13.3 Å². The van der Waals surface area contributed by atoms with E-state index in [1.165, 1.54) is 0 Å². The van der Waals surface area contributed by atoms with Crippen molar-refractivity contribution in [3.8, 4) is 0 Å². The molecule has 14 N–H and O–H groups in total. The van der Waals surface area contributed by atoms with E-state index in [9.17, 15) is 5.11 Å². The Kier molecular flexibility index (Phi) is 67.4. The van der Waals surface area contributed by atoms with Gasteiger partial charge in [-0.05, 0) is 0 Å². The Morgan fingerprint density at radius 3 is 1.15 bits per heavy atom. The van der Waals surface area contributed by atoms with Crippen molar-refractivity contribution in [1.82, 2.24) is 18.5 Å². The van der Waals surface area contributed by atoms with Gasteiger partial charge in [-0.25, -0.2) is 0 Å². The lowest BCUT2D eigenvalue weighted by molar-refractivity contribution is -0.367. The smallest absolute Gasteiger partial charge is 0.0311 e. The minimum Gasteiger partial charge on any atom is -0.854 e. The Morgan fingerprint density at radius 1 is 1.08 bits per heavy atom. The summed E-state index contributed by atoms with van der Waals surface area (Å²) in [7, 11) is -5.17. The molecule has 13 heavy (non-hydrogen) atoms. The van der Waals surface area contributed by atoms with Gasteiger partial charge in [0.25, 0.3) is 0 Å². The largest absolute Gasteiger partial charge is 0.854 e. The van der Waals surface area contributed by atoms with Gasteiger partial charge in [-0.2, -0.15) is 0 Å². The van der Waals surface area contributed by atoms with Crippen LogP contribution in [0.25, 0.3) is 0 Å². The summed E-state index contributed by atoms with van der Waals surface area (Å²) in [5.41, 5.74) is 0. The zero-order valence-corrected chi connectivity index (χ0v) is 9.18. The fourth-order valence-corrected chi connectivity index (χ4v) is 0. The predicted molar refractivity (Wildman–Crippen MR) is 47.2 cm³/mol. The highest BCUT2D eigenvalue weighted by molar-refractivity contribution is 7.79. The molecule has 0 saturated heterocycles. The van der Waals surface area contributed by atoms with E-state index in [1.54, 1.807) is 0 Å². The molecule has 9 nitrogen and oxygen atoms in total. The third-order valence-electron chi connectivity index (χ3n) is 0.204. The molecular weight excluding hydrogens is 206 g/mol. The van der Waals surface area contributed by atoms with Crippen LogP contribution in [0.5, 0.6) is 0 Å². The molecule has 0 unspecified atom stereocenters. The van der Waals surface area contributed by atoms with Crippen molar-refractivity contribution < 1.29 is 28.1 Å². The van der Waals surface area contributed by atoms with E-state index in [0.717, 1.165) is 6.42 Å². The molecule has 0 atom stereocenters. The molecular formula is C3H21N3O6S. The SMILES string of the molecule is CCC[O-].O.O=S(=O)([O-])[O-].[NH4+].[NH4+].[NH4+]. The van der Waals surface area contributed by atoms with Crippen LogP contribution < -0.4 is 23.6 Å². The van der Waals surface area contributed by atoms with Crippen molar-refractivity contribution in [3.05, 3.63) is 0 Å². The van der Waals surface area contributed by atoms with E-state index >= 15 is 0 Å². The van der Waals surface area contributed by atoms with Crippen molar-refractivity contribution in [2.24, 2.45) is 0 Å². The maximum Gasteiger partial charge on any atom is 0.0311 e. The number of quaternary nitrogens is 3. The molecule has 0 aromatic carbocycles. The van der Waals surface area contributed by atoms with Crippen LogP contribution in [0.4, 0.5) is 0 Å². The summed E-state index contributed by atoms with van der Waals surface area (Å²) in [5, 5.41) is 9.30. The Morgan fingerprint density at radius 2 is 1.15 bits per heavy atom. The maximum absolute atomic E-state index is 9.30. The van der Waals surface area contributed by atoms with Gasteiger partial charge in [0, 0.05) is 10.4 Å². The van der Waals surface area contributed by atoms with Gasteiger partial charge in [0.2, 0.25) is 0 Å². The number of hydrogen-bond acceptors (Lipinski definition) is 5. The van der Waals surface area contributed by atoms with E-state index in [0.29, 0.717) is 0 Å². The minimum absolute atomic E-state index is 0. The Hall–Kier alpha value is -0.330. The van der Waals surface area contributed by atoms with Crippen LogP contribution in [-0.4, -0.2) is 29.6 Å². The molecule has 0 heterocycles. The first-order valence-electron chi connectivity index (χ1n) is 2.16. The molecule has 0 amide bonds. The van der Waals surface area contributed by atoms with E-state index in [4.69, 9.17) is 17.5 Å². The fraction of sp³-hybridized carbons (Fsp3) is 1.00. The van der Waals surface area contributed by atoms with Gasteiger partial charge in [-0.15, -0.1) is 6.61 Å². The summed E-state index contributed by atoms with van der Waals surface area (Å²) in [6.45, 7) is 1.94. The molecule has 0 radical (unpaired) electrons. The summed E-state index contributed by atoms with van der Waals surface area (Å²) < 4.78 is 34.1. The summed E-state index contributed by atoms with van der Waals surface area (Å²) in [4.78, 5) is 0. The van der Waals surface area contributed by atoms with Crippen molar-refractivity contribution in [2.75, 3.05) is 6.61 Å². The third-order valence-corrected chi connectivity index (χ3v) is 0.204. The average Bonchev–Trinajstić information content (AvgIpc) is 1.61. The monoisotopic (exact) mass is 227 g/mol. The quantitative estimate of drug-likeness (QED) is 0.364. The van der Waals surface area contributed by atoms with Gasteiger partial charge < -0.3 is 38.1 Å². The molecule has 0 bridgehead atoms. The molecule has 0 aromatic rings. The van der Waals surface area contributed by atoms with Crippen LogP contribution in [0, 0.1) is 0 Å². The number of rotatable bonds is 1. The van der Waals surface area contributed by atoms with Crippen molar-refractivity contribution in [3.63, 3.8) is 0 Å². The zero-order valence-electron chi connectivity index (χ0n) is 8.36. The molecule has 0 aliphatic heterocycles. The lowest BCUT2D eigenvalue weighted by atomic mass is 10.5. The zero-order chi connectivity index (χ0) is 7.91. The first kappa shape index (κ1) is 38.8. The molecule has 0 spiro atoms. The van der Waals surface area contributed by atoms with E-state index < -0.39 is 10.4 Å². The molecule has 0 aliphatic rings. The molecule has 0 saturated carbocycles. The molecule has 0 aromatic heterocycles. The summed E-state index contributed by atoms with van der Waals surface area (Å²) >= 11 is 0. The summed E-state index contributed by atoms with van der Waals surface area (Å²) in [6.07, 6.45) is 0.764. The highest BCUT2D eigenvalue weighted by atomic mass is 32.3. The topological polar surface area (TPSA) is 244 Å². The van der Waals surface area contributed by atoms with Gasteiger partial charge in [0.05, 0.1) is 0 Å². The Bertz CT molecular complexity index is 126. The van der Waals surface area contributed by atoms with Gasteiger partial charge in [0.15, 0.2) is 0 Å². The molecule has 0 rings (SSSR count). The third kappa shape index (κ3) is 2430. The minimum atomic E-state index is -5.17. The van der Waals surface area contributed by atoms with Crippen LogP contribution in [-0.2, 0) is 10.4 Å². The van der Waals surface area contributed by atoms with E-state index in [1.807, 2.05) is 6.92 Å². The van der Waals surface area contributed by atoms with Crippen LogP contribution in [0.15, 0.2) is 0 Å². The highest BCUT2D eigenvalue weighted by Crippen LogP contribution is 1.57. The molecule has 0 aliphatic carbocycles. The lowest BCUT2D eigenvalue weighted by Gasteiger charge is -2.06.